The van der Waals surface area contributed by atoms with Crippen LogP contribution in [0.25, 0.3) is 0 Å². The summed E-state index contributed by atoms with van der Waals surface area (Å²) in [6.45, 7) is 10.7. The molecule has 0 amide bonds. The van der Waals surface area contributed by atoms with Gasteiger partial charge >= 0.3 is 0 Å². The highest BCUT2D eigenvalue weighted by Gasteiger charge is 2.16. The van der Waals surface area contributed by atoms with Gasteiger partial charge in [-0.3, -0.25) is 4.98 Å². The molecule has 18 heavy (non-hydrogen) atoms. The first kappa shape index (κ1) is 13.1. The Bertz CT molecular complexity index is 362. The van der Waals surface area contributed by atoms with E-state index in [1.807, 2.05) is 6.20 Å². The molecular weight excluding hydrogens is 226 g/mol. The SMILES string of the molecule is CCCOc1cncc(N2CCN(CC)CC2)c1. The summed E-state index contributed by atoms with van der Waals surface area (Å²) in [5.74, 6) is 0.882. The van der Waals surface area contributed by atoms with Crippen molar-refractivity contribution < 1.29 is 4.74 Å². The van der Waals surface area contributed by atoms with Gasteiger partial charge in [-0.15, -0.1) is 0 Å². The van der Waals surface area contributed by atoms with Crippen LogP contribution in [0, 0.1) is 0 Å². The summed E-state index contributed by atoms with van der Waals surface area (Å²) in [7, 11) is 0. The predicted molar refractivity (Wildman–Crippen MR) is 74.4 cm³/mol. The van der Waals surface area contributed by atoms with Crippen LogP contribution in [0.15, 0.2) is 18.5 Å². The molecule has 0 aliphatic carbocycles. The van der Waals surface area contributed by atoms with Gasteiger partial charge in [0, 0.05) is 32.2 Å². The van der Waals surface area contributed by atoms with Crippen molar-refractivity contribution in [3.8, 4) is 5.75 Å². The Hall–Kier alpha value is -1.29. The molecule has 0 atom stereocenters. The molecular formula is C14H23N3O. The second-order valence-electron chi connectivity index (χ2n) is 4.65. The van der Waals surface area contributed by atoms with Crippen LogP contribution in [0.5, 0.6) is 5.75 Å². The van der Waals surface area contributed by atoms with Gasteiger partial charge in [0.25, 0.3) is 0 Å². The topological polar surface area (TPSA) is 28.6 Å². The van der Waals surface area contributed by atoms with Crippen LogP contribution in [0.4, 0.5) is 5.69 Å². The van der Waals surface area contributed by atoms with E-state index in [2.05, 4.69) is 34.7 Å². The van der Waals surface area contributed by atoms with E-state index >= 15 is 0 Å². The highest BCUT2D eigenvalue weighted by molar-refractivity contribution is 5.48. The van der Waals surface area contributed by atoms with Crippen molar-refractivity contribution in [1.29, 1.82) is 0 Å². The van der Waals surface area contributed by atoms with Crippen molar-refractivity contribution in [1.82, 2.24) is 9.88 Å². The molecule has 1 fully saturated rings. The maximum atomic E-state index is 5.63. The quantitative estimate of drug-likeness (QED) is 0.798. The van der Waals surface area contributed by atoms with Gasteiger partial charge in [-0.25, -0.2) is 0 Å². The third-order valence-corrected chi connectivity index (χ3v) is 3.36. The smallest absolute Gasteiger partial charge is 0.139 e. The minimum Gasteiger partial charge on any atom is -0.492 e. The van der Waals surface area contributed by atoms with Crippen molar-refractivity contribution in [3.05, 3.63) is 18.5 Å². The summed E-state index contributed by atoms with van der Waals surface area (Å²) < 4.78 is 5.63. The lowest BCUT2D eigenvalue weighted by Crippen LogP contribution is -2.46. The van der Waals surface area contributed by atoms with E-state index in [0.717, 1.165) is 51.5 Å². The second-order valence-corrected chi connectivity index (χ2v) is 4.65. The lowest BCUT2D eigenvalue weighted by molar-refractivity contribution is 0.271. The molecule has 1 aromatic heterocycles. The molecule has 0 aromatic carbocycles. The van der Waals surface area contributed by atoms with Crippen LogP contribution in [-0.4, -0.2) is 49.2 Å². The maximum absolute atomic E-state index is 5.63. The zero-order valence-corrected chi connectivity index (χ0v) is 11.4. The maximum Gasteiger partial charge on any atom is 0.139 e. The number of hydrogen-bond donors (Lipinski definition) is 0. The van der Waals surface area contributed by atoms with Crippen molar-refractivity contribution in [2.75, 3.05) is 44.2 Å². The number of anilines is 1. The first-order valence-electron chi connectivity index (χ1n) is 6.88. The number of ether oxygens (including phenoxy) is 1. The van der Waals surface area contributed by atoms with E-state index in [0.29, 0.717) is 0 Å². The molecule has 0 bridgehead atoms. The monoisotopic (exact) mass is 249 g/mol. The lowest BCUT2D eigenvalue weighted by atomic mass is 10.2. The fourth-order valence-corrected chi connectivity index (χ4v) is 2.20. The average molecular weight is 249 g/mol. The van der Waals surface area contributed by atoms with E-state index < -0.39 is 0 Å². The van der Waals surface area contributed by atoms with Crippen LogP contribution >= 0.6 is 0 Å². The summed E-state index contributed by atoms with van der Waals surface area (Å²) in [5, 5.41) is 0. The summed E-state index contributed by atoms with van der Waals surface area (Å²) in [6, 6.07) is 2.10. The van der Waals surface area contributed by atoms with E-state index in [-0.39, 0.29) is 0 Å². The predicted octanol–water partition coefficient (Wildman–Crippen LogP) is 2.01. The van der Waals surface area contributed by atoms with Gasteiger partial charge < -0.3 is 14.5 Å². The molecule has 1 aromatic rings. The molecule has 4 nitrogen and oxygen atoms in total. The fourth-order valence-electron chi connectivity index (χ4n) is 2.20. The number of hydrogen-bond acceptors (Lipinski definition) is 4. The lowest BCUT2D eigenvalue weighted by Gasteiger charge is -2.35. The molecule has 0 radical (unpaired) electrons. The molecule has 100 valence electrons. The normalized spacial score (nSPS) is 16.9. The third kappa shape index (κ3) is 3.35. The zero-order chi connectivity index (χ0) is 12.8. The number of piperazine rings is 1. The fraction of sp³-hybridized carbons (Fsp3) is 0.643. The van der Waals surface area contributed by atoms with E-state index in [1.165, 1.54) is 5.69 Å². The molecule has 0 spiro atoms. The zero-order valence-electron chi connectivity index (χ0n) is 11.4. The summed E-state index contributed by atoms with van der Waals surface area (Å²) >= 11 is 0. The number of pyridine rings is 1. The molecule has 0 N–H and O–H groups in total. The van der Waals surface area contributed by atoms with Crippen LogP contribution in [0.3, 0.4) is 0 Å². The Morgan fingerprint density at radius 1 is 1.17 bits per heavy atom. The van der Waals surface area contributed by atoms with Gasteiger partial charge in [0.15, 0.2) is 0 Å². The molecule has 0 unspecified atom stereocenters. The number of rotatable bonds is 5. The minimum atomic E-state index is 0.759. The summed E-state index contributed by atoms with van der Waals surface area (Å²) in [5.41, 5.74) is 1.18. The molecule has 4 heteroatoms. The van der Waals surface area contributed by atoms with Crippen LogP contribution < -0.4 is 9.64 Å². The van der Waals surface area contributed by atoms with Crippen molar-refractivity contribution in [2.45, 2.75) is 20.3 Å². The Labute approximate surface area is 110 Å². The average Bonchev–Trinajstić information content (AvgIpc) is 2.45. The summed E-state index contributed by atoms with van der Waals surface area (Å²) in [4.78, 5) is 9.13. The molecule has 1 aliphatic rings. The number of likely N-dealkylation sites (N-methyl/N-ethyl adjacent to an activating group) is 1. The Kier molecular flexibility index (Phi) is 4.81. The standard InChI is InChI=1S/C14H23N3O/c1-3-9-18-14-10-13(11-15-12-14)17-7-5-16(4-2)6-8-17/h10-12H,3-9H2,1-2H3. The molecule has 1 aliphatic heterocycles. The third-order valence-electron chi connectivity index (χ3n) is 3.36. The van der Waals surface area contributed by atoms with Crippen molar-refractivity contribution in [2.24, 2.45) is 0 Å². The van der Waals surface area contributed by atoms with Crippen molar-refractivity contribution in [3.63, 3.8) is 0 Å². The van der Waals surface area contributed by atoms with Gasteiger partial charge in [-0.05, 0) is 13.0 Å². The molecule has 2 rings (SSSR count). The highest BCUT2D eigenvalue weighted by Crippen LogP contribution is 2.20. The van der Waals surface area contributed by atoms with Crippen LogP contribution in [0.2, 0.25) is 0 Å². The Balaban J connectivity index is 1.96. The largest absolute Gasteiger partial charge is 0.492 e. The summed E-state index contributed by atoms with van der Waals surface area (Å²) in [6.07, 6.45) is 4.75. The first-order valence-corrected chi connectivity index (χ1v) is 6.88. The Morgan fingerprint density at radius 2 is 1.94 bits per heavy atom. The highest BCUT2D eigenvalue weighted by atomic mass is 16.5. The van der Waals surface area contributed by atoms with E-state index in [4.69, 9.17) is 4.74 Å². The second kappa shape index (κ2) is 6.59. The van der Waals surface area contributed by atoms with Crippen LogP contribution in [0.1, 0.15) is 20.3 Å². The first-order chi connectivity index (χ1) is 8.83. The molecule has 2 heterocycles. The number of nitrogens with zero attached hydrogens (tertiary/aromatic N) is 3. The van der Waals surface area contributed by atoms with Crippen LogP contribution in [-0.2, 0) is 0 Å². The van der Waals surface area contributed by atoms with Gasteiger partial charge in [0.2, 0.25) is 0 Å². The van der Waals surface area contributed by atoms with Gasteiger partial charge in [0.1, 0.15) is 5.75 Å². The van der Waals surface area contributed by atoms with Gasteiger partial charge in [0.05, 0.1) is 24.7 Å². The molecule has 0 saturated carbocycles. The molecule has 1 saturated heterocycles. The minimum absolute atomic E-state index is 0.759. The van der Waals surface area contributed by atoms with Crippen molar-refractivity contribution >= 4 is 5.69 Å². The van der Waals surface area contributed by atoms with Gasteiger partial charge in [-0.1, -0.05) is 13.8 Å². The number of aromatic nitrogens is 1. The van der Waals surface area contributed by atoms with Gasteiger partial charge in [-0.2, -0.15) is 0 Å². The van der Waals surface area contributed by atoms with E-state index in [9.17, 15) is 0 Å². The Morgan fingerprint density at radius 3 is 2.61 bits per heavy atom. The van der Waals surface area contributed by atoms with E-state index in [1.54, 1.807) is 6.20 Å².